The highest BCUT2D eigenvalue weighted by atomic mass is 16.5. The van der Waals surface area contributed by atoms with Gasteiger partial charge in [-0.15, -0.1) is 0 Å². The average Bonchev–Trinajstić information content (AvgIpc) is 2.87. The molecule has 0 saturated heterocycles. The van der Waals surface area contributed by atoms with Gasteiger partial charge in [0.2, 0.25) is 0 Å². The highest BCUT2D eigenvalue weighted by molar-refractivity contribution is 5.59. The van der Waals surface area contributed by atoms with Gasteiger partial charge in [0, 0.05) is 25.5 Å². The first kappa shape index (κ1) is 12.9. The molecule has 0 fully saturated rings. The maximum absolute atomic E-state index is 10.5. The van der Waals surface area contributed by atoms with Gasteiger partial charge in [0.15, 0.2) is 0 Å². The summed E-state index contributed by atoms with van der Waals surface area (Å²) >= 11 is 0. The zero-order valence-corrected chi connectivity index (χ0v) is 11.7. The number of nitrogens with zero attached hydrogens (tertiary/aromatic N) is 2. The average molecular weight is 270 g/mol. The van der Waals surface area contributed by atoms with E-state index in [1.165, 1.54) is 11.3 Å². The molecule has 0 amide bonds. The third-order valence-corrected chi connectivity index (χ3v) is 3.83. The lowest BCUT2D eigenvalue weighted by Gasteiger charge is -2.16. The molecule has 1 N–H and O–H groups in total. The van der Waals surface area contributed by atoms with Crippen LogP contribution in [0.1, 0.15) is 22.9 Å². The third-order valence-electron chi connectivity index (χ3n) is 3.83. The van der Waals surface area contributed by atoms with Crippen molar-refractivity contribution in [3.63, 3.8) is 0 Å². The van der Waals surface area contributed by atoms with Crippen LogP contribution in [-0.4, -0.2) is 30.8 Å². The molecule has 0 spiro atoms. The van der Waals surface area contributed by atoms with Gasteiger partial charge >= 0.3 is 0 Å². The van der Waals surface area contributed by atoms with Gasteiger partial charge in [-0.2, -0.15) is 0 Å². The molecule has 3 rings (SSSR count). The molecule has 0 saturated carbocycles. The van der Waals surface area contributed by atoms with Gasteiger partial charge in [-0.25, -0.2) is 0 Å². The van der Waals surface area contributed by atoms with E-state index in [9.17, 15) is 5.11 Å². The first-order valence-corrected chi connectivity index (χ1v) is 6.71. The molecule has 2 aromatic rings. The highest BCUT2D eigenvalue weighted by Gasteiger charge is 2.21. The van der Waals surface area contributed by atoms with Crippen molar-refractivity contribution in [1.29, 1.82) is 0 Å². The molecular weight excluding hydrogens is 252 g/mol. The number of ether oxygens (including phenoxy) is 1. The molecule has 4 heteroatoms. The van der Waals surface area contributed by atoms with Gasteiger partial charge in [-0.1, -0.05) is 12.1 Å². The summed E-state index contributed by atoms with van der Waals surface area (Å²) in [7, 11) is 3.68. The Balaban J connectivity index is 1.97. The Kier molecular flexibility index (Phi) is 3.32. The van der Waals surface area contributed by atoms with Crippen LogP contribution >= 0.6 is 0 Å². The Bertz CT molecular complexity index is 628. The maximum atomic E-state index is 10.5. The largest absolute Gasteiger partial charge is 0.495 e. The third kappa shape index (κ3) is 2.12. The predicted molar refractivity (Wildman–Crippen MR) is 78.3 cm³/mol. The molecule has 0 radical (unpaired) electrons. The van der Waals surface area contributed by atoms with Crippen molar-refractivity contribution < 1.29 is 9.84 Å². The number of hydrogen-bond acceptors (Lipinski definition) is 4. The summed E-state index contributed by atoms with van der Waals surface area (Å²) in [5.41, 5.74) is 3.94. The van der Waals surface area contributed by atoms with Crippen molar-refractivity contribution in [2.75, 3.05) is 25.6 Å². The molecule has 2 heterocycles. The molecule has 1 aliphatic rings. The lowest BCUT2D eigenvalue weighted by Crippen LogP contribution is -2.12. The number of methoxy groups -OCH3 is 1. The number of aromatic nitrogens is 1. The number of pyridine rings is 1. The van der Waals surface area contributed by atoms with Crippen molar-refractivity contribution in [2.45, 2.75) is 12.5 Å². The van der Waals surface area contributed by atoms with Crippen LogP contribution in [0.15, 0.2) is 36.5 Å². The SMILES string of the molecule is COc1cccnc1C(O)c1ccc2c(c1)CCN2C. The van der Waals surface area contributed by atoms with Crippen molar-refractivity contribution in [1.82, 2.24) is 4.98 Å². The summed E-state index contributed by atoms with van der Waals surface area (Å²) in [6, 6.07) is 9.70. The predicted octanol–water partition coefficient (Wildman–Crippen LogP) is 2.16. The van der Waals surface area contributed by atoms with Crippen LogP contribution < -0.4 is 9.64 Å². The molecule has 1 unspecified atom stereocenters. The molecule has 1 atom stereocenters. The van der Waals surface area contributed by atoms with Gasteiger partial charge in [0.1, 0.15) is 17.5 Å². The summed E-state index contributed by atoms with van der Waals surface area (Å²) in [6.07, 6.45) is 1.93. The Labute approximate surface area is 118 Å². The lowest BCUT2D eigenvalue weighted by molar-refractivity contribution is 0.209. The van der Waals surface area contributed by atoms with Gasteiger partial charge < -0.3 is 14.7 Å². The van der Waals surface area contributed by atoms with Crippen molar-refractivity contribution in [3.8, 4) is 5.75 Å². The zero-order chi connectivity index (χ0) is 14.1. The van der Waals surface area contributed by atoms with Gasteiger partial charge in [0.25, 0.3) is 0 Å². The minimum absolute atomic E-state index is 0.557. The number of rotatable bonds is 3. The Morgan fingerprint density at radius 3 is 3.00 bits per heavy atom. The molecule has 0 aliphatic carbocycles. The van der Waals surface area contributed by atoms with Gasteiger partial charge in [-0.3, -0.25) is 4.98 Å². The molecular formula is C16H18N2O2. The molecule has 1 aromatic carbocycles. The smallest absolute Gasteiger partial charge is 0.143 e. The first-order valence-electron chi connectivity index (χ1n) is 6.71. The molecule has 1 aromatic heterocycles. The number of aliphatic hydroxyl groups excluding tert-OH is 1. The van der Waals surface area contributed by atoms with Crippen LogP contribution in [0, 0.1) is 0 Å². The summed E-state index contributed by atoms with van der Waals surface area (Å²) < 4.78 is 5.27. The number of aliphatic hydroxyl groups is 1. The van der Waals surface area contributed by atoms with Crippen LogP contribution in [0.3, 0.4) is 0 Å². The second kappa shape index (κ2) is 5.13. The fourth-order valence-electron chi connectivity index (χ4n) is 2.70. The summed E-state index contributed by atoms with van der Waals surface area (Å²) in [5, 5.41) is 10.5. The van der Waals surface area contributed by atoms with E-state index in [0.29, 0.717) is 11.4 Å². The van der Waals surface area contributed by atoms with E-state index in [1.54, 1.807) is 19.4 Å². The van der Waals surface area contributed by atoms with Crippen molar-refractivity contribution >= 4 is 5.69 Å². The Morgan fingerprint density at radius 1 is 1.35 bits per heavy atom. The molecule has 0 bridgehead atoms. The number of benzene rings is 1. The fourth-order valence-corrected chi connectivity index (χ4v) is 2.70. The molecule has 20 heavy (non-hydrogen) atoms. The Hall–Kier alpha value is -2.07. The van der Waals surface area contributed by atoms with E-state index in [0.717, 1.165) is 18.5 Å². The van der Waals surface area contributed by atoms with E-state index in [1.807, 2.05) is 12.1 Å². The topological polar surface area (TPSA) is 45.6 Å². The highest BCUT2D eigenvalue weighted by Crippen LogP contribution is 2.33. The summed E-state index contributed by atoms with van der Waals surface area (Å²) in [4.78, 5) is 6.48. The fraction of sp³-hybridized carbons (Fsp3) is 0.312. The van der Waals surface area contributed by atoms with Crippen LogP contribution in [0.4, 0.5) is 5.69 Å². The number of likely N-dealkylation sites (N-methyl/N-ethyl adjacent to an activating group) is 1. The molecule has 1 aliphatic heterocycles. The van der Waals surface area contributed by atoms with Crippen LogP contribution in [0.5, 0.6) is 5.75 Å². The number of anilines is 1. The van der Waals surface area contributed by atoms with E-state index < -0.39 is 6.10 Å². The standard InChI is InChI=1S/C16H18N2O2/c1-18-9-7-11-10-12(5-6-13(11)18)16(19)15-14(20-2)4-3-8-17-15/h3-6,8,10,16,19H,7,9H2,1-2H3. The zero-order valence-electron chi connectivity index (χ0n) is 11.7. The summed E-state index contributed by atoms with van der Waals surface area (Å²) in [5.74, 6) is 0.609. The van der Waals surface area contributed by atoms with Crippen LogP contribution in [0.2, 0.25) is 0 Å². The second-order valence-electron chi connectivity index (χ2n) is 5.05. The van der Waals surface area contributed by atoms with Crippen LogP contribution in [0.25, 0.3) is 0 Å². The minimum Gasteiger partial charge on any atom is -0.495 e. The molecule has 4 nitrogen and oxygen atoms in total. The quantitative estimate of drug-likeness (QED) is 0.928. The van der Waals surface area contributed by atoms with Crippen LogP contribution in [-0.2, 0) is 6.42 Å². The van der Waals surface area contributed by atoms with E-state index >= 15 is 0 Å². The maximum Gasteiger partial charge on any atom is 0.143 e. The summed E-state index contributed by atoms with van der Waals surface area (Å²) in [6.45, 7) is 1.03. The Morgan fingerprint density at radius 2 is 2.20 bits per heavy atom. The molecule has 104 valence electrons. The minimum atomic E-state index is -0.762. The number of fused-ring (bicyclic) bond motifs is 1. The van der Waals surface area contributed by atoms with E-state index in [2.05, 4.69) is 29.1 Å². The van der Waals surface area contributed by atoms with E-state index in [-0.39, 0.29) is 0 Å². The van der Waals surface area contributed by atoms with Crippen molar-refractivity contribution in [3.05, 3.63) is 53.3 Å². The monoisotopic (exact) mass is 270 g/mol. The van der Waals surface area contributed by atoms with Crippen molar-refractivity contribution in [2.24, 2.45) is 0 Å². The lowest BCUT2D eigenvalue weighted by atomic mass is 10.0. The van der Waals surface area contributed by atoms with E-state index in [4.69, 9.17) is 4.74 Å². The van der Waals surface area contributed by atoms with Gasteiger partial charge in [-0.05, 0) is 35.7 Å². The first-order chi connectivity index (χ1) is 9.70. The second-order valence-corrected chi connectivity index (χ2v) is 5.05. The van der Waals surface area contributed by atoms with Gasteiger partial charge in [0.05, 0.1) is 7.11 Å². The normalized spacial score (nSPS) is 15.1. The number of hydrogen-bond donors (Lipinski definition) is 1.